The third kappa shape index (κ3) is 3.94. The Balaban J connectivity index is 2.79. The molecule has 0 bridgehead atoms. The number of carbonyl (C=O) groups excluding carboxylic acids is 3. The lowest BCUT2D eigenvalue weighted by Crippen LogP contribution is -2.27. The lowest BCUT2D eigenvalue weighted by molar-refractivity contribution is -0.255. The number of rotatable bonds is 5. The van der Waals surface area contributed by atoms with Gasteiger partial charge >= 0.3 is 11.9 Å². The number of hydrogen-bond acceptors (Lipinski definition) is 6. The van der Waals surface area contributed by atoms with Gasteiger partial charge in [-0.25, -0.2) is 9.59 Å². The van der Waals surface area contributed by atoms with Crippen LogP contribution in [0.4, 0.5) is 0 Å². The van der Waals surface area contributed by atoms with Crippen molar-refractivity contribution in [2.75, 3.05) is 0 Å². The first kappa shape index (κ1) is 15.4. The molecule has 0 spiro atoms. The van der Waals surface area contributed by atoms with Gasteiger partial charge < -0.3 is 19.4 Å². The van der Waals surface area contributed by atoms with Crippen LogP contribution in [0, 0.1) is 0 Å². The van der Waals surface area contributed by atoms with Gasteiger partial charge in [0.05, 0.1) is 11.5 Å². The van der Waals surface area contributed by atoms with Crippen molar-refractivity contribution in [3.63, 3.8) is 0 Å². The van der Waals surface area contributed by atoms with Gasteiger partial charge in [0, 0.05) is 18.1 Å². The van der Waals surface area contributed by atoms with E-state index in [9.17, 15) is 19.5 Å². The summed E-state index contributed by atoms with van der Waals surface area (Å²) in [6.45, 7) is 6.16. The van der Waals surface area contributed by atoms with Crippen LogP contribution in [0.5, 0.6) is 0 Å². The molecule has 1 rings (SSSR count). The van der Waals surface area contributed by atoms with E-state index in [1.54, 1.807) is 0 Å². The second-order valence-electron chi connectivity index (χ2n) is 3.99. The van der Waals surface area contributed by atoms with Gasteiger partial charge in [-0.2, -0.15) is 0 Å². The van der Waals surface area contributed by atoms with Crippen molar-refractivity contribution in [2.24, 2.45) is 0 Å². The summed E-state index contributed by atoms with van der Waals surface area (Å²) in [7, 11) is 0. The lowest BCUT2D eigenvalue weighted by Gasteiger charge is -2.15. The molecule has 6 heteroatoms. The number of hydrogen-bond donors (Lipinski definition) is 0. The molecule has 0 aromatic heterocycles. The zero-order chi connectivity index (χ0) is 15.3. The van der Waals surface area contributed by atoms with Crippen molar-refractivity contribution >= 4 is 17.9 Å². The minimum Gasteiger partial charge on any atom is -0.545 e. The maximum Gasteiger partial charge on any atom is 0.341 e. The van der Waals surface area contributed by atoms with E-state index in [2.05, 4.69) is 6.58 Å². The van der Waals surface area contributed by atoms with Crippen molar-refractivity contribution in [3.05, 3.63) is 47.5 Å². The van der Waals surface area contributed by atoms with Gasteiger partial charge in [-0.1, -0.05) is 24.8 Å². The minimum atomic E-state index is -1.50. The third-order valence-electron chi connectivity index (χ3n) is 2.26. The van der Waals surface area contributed by atoms with Gasteiger partial charge in [0.1, 0.15) is 0 Å². The Morgan fingerprint density at radius 2 is 1.70 bits per heavy atom. The van der Waals surface area contributed by atoms with Gasteiger partial charge in [-0.15, -0.1) is 0 Å². The summed E-state index contributed by atoms with van der Waals surface area (Å²) in [5, 5.41) is 10.9. The highest BCUT2D eigenvalue weighted by Crippen LogP contribution is 2.11. The maximum absolute atomic E-state index is 11.8. The summed E-state index contributed by atoms with van der Waals surface area (Å²) >= 11 is 0. The van der Waals surface area contributed by atoms with Crippen LogP contribution in [0.25, 0.3) is 0 Å². The molecule has 6 nitrogen and oxygen atoms in total. The van der Waals surface area contributed by atoms with Crippen LogP contribution < -0.4 is 5.11 Å². The van der Waals surface area contributed by atoms with Gasteiger partial charge in [0.25, 0.3) is 0 Å². The van der Waals surface area contributed by atoms with Crippen LogP contribution in [0.2, 0.25) is 0 Å². The van der Waals surface area contributed by atoms with Crippen molar-refractivity contribution < 1.29 is 29.0 Å². The molecule has 0 radical (unpaired) electrons. The molecule has 0 N–H and O–H groups in total. The molecule has 0 heterocycles. The molecule has 106 valence electrons. The van der Waals surface area contributed by atoms with Crippen LogP contribution in [-0.4, -0.2) is 24.2 Å². The van der Waals surface area contributed by atoms with Gasteiger partial charge in [0.2, 0.25) is 6.29 Å². The smallest absolute Gasteiger partial charge is 0.341 e. The Bertz CT molecular complexity index is 561. The summed E-state index contributed by atoms with van der Waals surface area (Å²) in [5.41, 5.74) is -0.315. The summed E-state index contributed by atoms with van der Waals surface area (Å²) in [6.07, 6.45) is -1.17. The Morgan fingerprint density at radius 3 is 2.20 bits per heavy atom. The Morgan fingerprint density at radius 1 is 1.15 bits per heavy atom. The first-order chi connectivity index (χ1) is 9.32. The Hall–Kier alpha value is -2.63. The molecular formula is C14H13O6-. The molecule has 0 aliphatic carbocycles. The number of carboxylic acid groups (broad SMARTS) is 1. The molecular weight excluding hydrogens is 264 g/mol. The van der Waals surface area contributed by atoms with E-state index in [-0.39, 0.29) is 16.7 Å². The van der Waals surface area contributed by atoms with Gasteiger partial charge in [-0.05, 0) is 13.0 Å². The molecule has 1 aromatic rings. The number of benzene rings is 1. The van der Waals surface area contributed by atoms with E-state index in [0.29, 0.717) is 0 Å². The van der Waals surface area contributed by atoms with Crippen LogP contribution in [0.1, 0.15) is 34.6 Å². The second-order valence-corrected chi connectivity index (χ2v) is 3.99. The SMILES string of the molecule is C=C(C)C(=O)OC(C)OC(=O)c1ccccc1C(=O)[O-]. The fourth-order valence-corrected chi connectivity index (χ4v) is 1.33. The molecule has 0 fully saturated rings. The number of ether oxygens (including phenoxy) is 2. The largest absolute Gasteiger partial charge is 0.545 e. The minimum absolute atomic E-state index is 0.156. The number of carboxylic acids is 1. The maximum atomic E-state index is 11.8. The standard InChI is InChI=1S/C14H14O6/c1-8(2)13(17)19-9(3)20-14(18)11-7-5-4-6-10(11)12(15)16/h4-7,9H,1H2,2-3H3,(H,15,16)/p-1. The number of esters is 2. The fraction of sp³-hybridized carbons (Fsp3) is 0.214. The second kappa shape index (κ2) is 6.51. The van der Waals surface area contributed by atoms with E-state index >= 15 is 0 Å². The Kier molecular flexibility index (Phi) is 5.02. The highest BCUT2D eigenvalue weighted by Gasteiger charge is 2.18. The van der Waals surface area contributed by atoms with Crippen molar-refractivity contribution in [1.82, 2.24) is 0 Å². The van der Waals surface area contributed by atoms with Crippen molar-refractivity contribution in [2.45, 2.75) is 20.1 Å². The predicted molar refractivity (Wildman–Crippen MR) is 66.6 cm³/mol. The molecule has 1 atom stereocenters. The Labute approximate surface area is 115 Å². The van der Waals surface area contributed by atoms with Gasteiger partial charge in [0.15, 0.2) is 0 Å². The van der Waals surface area contributed by atoms with E-state index in [1.165, 1.54) is 38.1 Å². The zero-order valence-electron chi connectivity index (χ0n) is 11.0. The van der Waals surface area contributed by atoms with E-state index in [1.807, 2.05) is 0 Å². The van der Waals surface area contributed by atoms with Crippen LogP contribution in [-0.2, 0) is 14.3 Å². The van der Waals surface area contributed by atoms with Crippen molar-refractivity contribution in [3.8, 4) is 0 Å². The average molecular weight is 277 g/mol. The first-order valence-electron chi connectivity index (χ1n) is 5.70. The third-order valence-corrected chi connectivity index (χ3v) is 2.26. The van der Waals surface area contributed by atoms with Crippen molar-refractivity contribution in [1.29, 1.82) is 0 Å². The molecule has 0 amide bonds. The first-order valence-corrected chi connectivity index (χ1v) is 5.70. The van der Waals surface area contributed by atoms with E-state index in [4.69, 9.17) is 9.47 Å². The van der Waals surface area contributed by atoms with E-state index in [0.717, 1.165) is 0 Å². The summed E-state index contributed by atoms with van der Waals surface area (Å²) in [4.78, 5) is 33.9. The highest BCUT2D eigenvalue weighted by atomic mass is 16.7. The molecule has 0 aliphatic rings. The van der Waals surface area contributed by atoms with Crippen LogP contribution >= 0.6 is 0 Å². The molecule has 0 saturated heterocycles. The fourth-order valence-electron chi connectivity index (χ4n) is 1.33. The molecule has 0 aliphatic heterocycles. The molecule has 0 saturated carbocycles. The topological polar surface area (TPSA) is 92.7 Å². The van der Waals surface area contributed by atoms with Crippen LogP contribution in [0.15, 0.2) is 36.4 Å². The summed E-state index contributed by atoms with van der Waals surface area (Å²) in [5.74, 6) is -3.13. The highest BCUT2D eigenvalue weighted by molar-refractivity contribution is 6.01. The van der Waals surface area contributed by atoms with Gasteiger partial charge in [-0.3, -0.25) is 0 Å². The molecule has 20 heavy (non-hydrogen) atoms. The average Bonchev–Trinajstić information content (AvgIpc) is 2.38. The van der Waals surface area contributed by atoms with Crippen LogP contribution in [0.3, 0.4) is 0 Å². The van der Waals surface area contributed by atoms with E-state index < -0.39 is 24.2 Å². The quantitative estimate of drug-likeness (QED) is 0.446. The predicted octanol–water partition coefficient (Wildman–Crippen LogP) is 0.672. The molecule has 1 aromatic carbocycles. The number of aromatic carboxylic acids is 1. The lowest BCUT2D eigenvalue weighted by atomic mass is 10.1. The number of carbonyl (C=O) groups is 3. The summed E-state index contributed by atoms with van der Waals surface area (Å²) < 4.78 is 9.59. The zero-order valence-corrected chi connectivity index (χ0v) is 11.0. The monoisotopic (exact) mass is 277 g/mol. The molecule has 1 unspecified atom stereocenters. The normalized spacial score (nSPS) is 11.3. The summed E-state index contributed by atoms with van der Waals surface area (Å²) in [6, 6.07) is 5.43.